The molecule has 0 radical (unpaired) electrons. The Morgan fingerprint density at radius 2 is 1.47 bits per heavy atom. The number of aliphatic carboxylic acids is 1. The molecule has 0 saturated heterocycles. The number of imidazole rings is 2. The second-order valence-corrected chi connectivity index (χ2v) is 9.12. The number of aliphatic hydroxyl groups is 1. The molecule has 2 rings (SSSR count). The van der Waals surface area contributed by atoms with Gasteiger partial charge in [-0.25, -0.2) is 14.8 Å². The van der Waals surface area contributed by atoms with Crippen LogP contribution in [0.2, 0.25) is 0 Å². The first-order chi connectivity index (χ1) is 17.1. The average molecular weight is 525 g/mol. The van der Waals surface area contributed by atoms with Crippen LogP contribution in [0.1, 0.15) is 24.7 Å². The zero-order valence-electron chi connectivity index (χ0n) is 19.9. The molecule has 15 heteroatoms. The molecule has 5 atom stereocenters. The maximum atomic E-state index is 13.3. The standard InChI is InChI=1S/C21H32N8O6S/c1-11(30)17(21(34)35)29-20(33)16(6-13-8-24-10-26-13)28-19(32)15(5-12-7-23-9-25-12)27-18(31)14(22)3-4-36-2/h7-11,14-17,30H,3-6,22H2,1-2H3,(H,23,25)(H,24,26)(H,27,31)(H,28,32)(H,29,33)(H,34,35). The van der Waals surface area contributed by atoms with Crippen molar-refractivity contribution < 1.29 is 29.4 Å². The Morgan fingerprint density at radius 3 is 1.89 bits per heavy atom. The number of rotatable bonds is 15. The molecule has 2 aromatic heterocycles. The molecule has 0 saturated carbocycles. The van der Waals surface area contributed by atoms with Crippen LogP contribution in [0.15, 0.2) is 25.0 Å². The van der Waals surface area contributed by atoms with Gasteiger partial charge in [0.25, 0.3) is 0 Å². The molecule has 9 N–H and O–H groups in total. The Morgan fingerprint density at radius 1 is 0.972 bits per heavy atom. The van der Waals surface area contributed by atoms with E-state index in [0.717, 1.165) is 0 Å². The number of aromatic amines is 2. The lowest BCUT2D eigenvalue weighted by Gasteiger charge is -2.25. The number of amides is 3. The second-order valence-electron chi connectivity index (χ2n) is 8.14. The van der Waals surface area contributed by atoms with Gasteiger partial charge in [0, 0.05) is 36.6 Å². The summed E-state index contributed by atoms with van der Waals surface area (Å²) < 4.78 is 0. The van der Waals surface area contributed by atoms with Crippen molar-refractivity contribution in [2.24, 2.45) is 5.73 Å². The molecule has 0 fully saturated rings. The highest BCUT2D eigenvalue weighted by Crippen LogP contribution is 2.06. The van der Waals surface area contributed by atoms with Gasteiger partial charge in [0.15, 0.2) is 6.04 Å². The Labute approximate surface area is 211 Å². The van der Waals surface area contributed by atoms with E-state index < -0.39 is 54.0 Å². The van der Waals surface area contributed by atoms with Crippen molar-refractivity contribution >= 4 is 35.5 Å². The monoisotopic (exact) mass is 524 g/mol. The number of carbonyl (C=O) groups is 4. The molecule has 2 aromatic rings. The van der Waals surface area contributed by atoms with Crippen LogP contribution in [-0.2, 0) is 32.0 Å². The maximum Gasteiger partial charge on any atom is 0.328 e. The SMILES string of the molecule is CSCCC(N)C(=O)NC(Cc1cnc[nH]1)C(=O)NC(Cc1cnc[nH]1)C(=O)NC(C(=O)O)C(C)O. The van der Waals surface area contributed by atoms with Crippen LogP contribution in [0.3, 0.4) is 0 Å². The van der Waals surface area contributed by atoms with Gasteiger partial charge in [-0.3, -0.25) is 14.4 Å². The summed E-state index contributed by atoms with van der Waals surface area (Å²) in [4.78, 5) is 63.7. The summed E-state index contributed by atoms with van der Waals surface area (Å²) in [6.45, 7) is 1.22. The van der Waals surface area contributed by atoms with Crippen LogP contribution in [0, 0.1) is 0 Å². The Hall–Kier alpha value is -3.43. The lowest BCUT2D eigenvalue weighted by atomic mass is 10.1. The van der Waals surface area contributed by atoms with E-state index in [4.69, 9.17) is 5.73 Å². The zero-order valence-corrected chi connectivity index (χ0v) is 20.7. The number of carboxylic acid groups (broad SMARTS) is 1. The van der Waals surface area contributed by atoms with Gasteiger partial charge in [0.05, 0.1) is 24.8 Å². The molecule has 5 unspecified atom stereocenters. The van der Waals surface area contributed by atoms with Crippen molar-refractivity contribution in [3.63, 3.8) is 0 Å². The predicted octanol–water partition coefficient (Wildman–Crippen LogP) is -2.08. The molecular formula is C21H32N8O6S. The van der Waals surface area contributed by atoms with Crippen molar-refractivity contribution in [2.75, 3.05) is 12.0 Å². The molecule has 14 nitrogen and oxygen atoms in total. The fraction of sp³-hybridized carbons (Fsp3) is 0.524. The number of nitrogens with two attached hydrogens (primary N) is 1. The molecular weight excluding hydrogens is 492 g/mol. The number of carbonyl (C=O) groups excluding carboxylic acids is 3. The van der Waals surface area contributed by atoms with E-state index in [9.17, 15) is 29.4 Å². The molecule has 0 aliphatic carbocycles. The summed E-state index contributed by atoms with van der Waals surface area (Å²) in [7, 11) is 0. The minimum atomic E-state index is -1.59. The molecule has 2 heterocycles. The lowest BCUT2D eigenvalue weighted by molar-refractivity contribution is -0.145. The first-order valence-electron chi connectivity index (χ1n) is 11.1. The summed E-state index contributed by atoms with van der Waals surface area (Å²) in [6.07, 6.45) is 6.65. The number of aromatic nitrogens is 4. The summed E-state index contributed by atoms with van der Waals surface area (Å²) in [5.41, 5.74) is 7.00. The first kappa shape index (κ1) is 28.8. The Kier molecular flexibility index (Phi) is 11.4. The van der Waals surface area contributed by atoms with Crippen LogP contribution in [-0.4, -0.2) is 96.1 Å². The van der Waals surface area contributed by atoms with Gasteiger partial charge in [0.1, 0.15) is 12.1 Å². The highest BCUT2D eigenvalue weighted by molar-refractivity contribution is 7.98. The van der Waals surface area contributed by atoms with Gasteiger partial charge in [-0.1, -0.05) is 0 Å². The fourth-order valence-corrected chi connectivity index (χ4v) is 3.71. The molecule has 0 aliphatic heterocycles. The van der Waals surface area contributed by atoms with Gasteiger partial charge in [0.2, 0.25) is 17.7 Å². The van der Waals surface area contributed by atoms with Crippen molar-refractivity contribution in [1.29, 1.82) is 0 Å². The summed E-state index contributed by atoms with van der Waals surface area (Å²) in [5, 5.41) is 26.5. The van der Waals surface area contributed by atoms with E-state index >= 15 is 0 Å². The Bertz CT molecular complexity index is 985. The van der Waals surface area contributed by atoms with E-state index in [0.29, 0.717) is 23.6 Å². The molecule has 0 spiro atoms. The lowest BCUT2D eigenvalue weighted by Crippen LogP contribution is -2.59. The maximum absolute atomic E-state index is 13.3. The molecule has 0 bridgehead atoms. The summed E-state index contributed by atoms with van der Waals surface area (Å²) >= 11 is 1.53. The van der Waals surface area contributed by atoms with Crippen LogP contribution >= 0.6 is 11.8 Å². The van der Waals surface area contributed by atoms with Gasteiger partial charge >= 0.3 is 5.97 Å². The first-order valence-corrected chi connectivity index (χ1v) is 12.5. The molecule has 36 heavy (non-hydrogen) atoms. The third-order valence-corrected chi connectivity index (χ3v) is 5.88. The van der Waals surface area contributed by atoms with Crippen molar-refractivity contribution in [3.05, 3.63) is 36.4 Å². The number of hydrogen-bond donors (Lipinski definition) is 8. The highest BCUT2D eigenvalue weighted by atomic mass is 32.2. The van der Waals surface area contributed by atoms with Crippen molar-refractivity contribution in [3.8, 4) is 0 Å². The smallest absolute Gasteiger partial charge is 0.328 e. The number of thioether (sulfide) groups is 1. The third-order valence-electron chi connectivity index (χ3n) is 5.24. The quantitative estimate of drug-likeness (QED) is 0.127. The molecule has 0 aliphatic rings. The normalized spacial score (nSPS) is 15.2. The van der Waals surface area contributed by atoms with E-state index in [1.807, 2.05) is 6.26 Å². The van der Waals surface area contributed by atoms with E-state index in [-0.39, 0.29) is 12.8 Å². The number of H-pyrrole nitrogens is 2. The Balaban J connectivity index is 2.22. The second kappa shape index (κ2) is 14.2. The highest BCUT2D eigenvalue weighted by Gasteiger charge is 2.32. The van der Waals surface area contributed by atoms with Crippen molar-refractivity contribution in [1.82, 2.24) is 35.9 Å². The molecule has 3 amide bonds. The summed E-state index contributed by atoms with van der Waals surface area (Å²) in [6, 6.07) is -4.78. The topological polar surface area (TPSA) is 228 Å². The number of aliphatic hydroxyl groups excluding tert-OH is 1. The largest absolute Gasteiger partial charge is 0.480 e. The average Bonchev–Trinajstić information content (AvgIpc) is 3.53. The number of nitrogens with zero attached hydrogens (tertiary/aromatic N) is 2. The van der Waals surface area contributed by atoms with Crippen LogP contribution < -0.4 is 21.7 Å². The minimum absolute atomic E-state index is 0.0383. The van der Waals surface area contributed by atoms with Gasteiger partial charge in [-0.15, -0.1) is 0 Å². The van der Waals surface area contributed by atoms with Crippen LogP contribution in [0.5, 0.6) is 0 Å². The summed E-state index contributed by atoms with van der Waals surface area (Å²) in [5.74, 6) is -2.84. The van der Waals surface area contributed by atoms with Crippen LogP contribution in [0.25, 0.3) is 0 Å². The van der Waals surface area contributed by atoms with E-state index in [2.05, 4.69) is 35.9 Å². The number of hydrogen-bond acceptors (Lipinski definition) is 9. The number of carboxylic acids is 1. The minimum Gasteiger partial charge on any atom is -0.480 e. The van der Waals surface area contributed by atoms with E-state index in [1.165, 1.54) is 43.7 Å². The van der Waals surface area contributed by atoms with Gasteiger partial charge in [-0.05, 0) is 25.4 Å². The molecule has 198 valence electrons. The van der Waals surface area contributed by atoms with E-state index in [1.54, 1.807) is 0 Å². The third kappa shape index (κ3) is 8.98. The van der Waals surface area contributed by atoms with Crippen molar-refractivity contribution in [2.45, 2.75) is 56.5 Å². The van der Waals surface area contributed by atoms with Gasteiger partial charge < -0.3 is 41.9 Å². The predicted molar refractivity (Wildman–Crippen MR) is 131 cm³/mol. The van der Waals surface area contributed by atoms with Gasteiger partial charge in [-0.2, -0.15) is 11.8 Å². The van der Waals surface area contributed by atoms with Crippen LogP contribution in [0.4, 0.5) is 0 Å². The fourth-order valence-electron chi connectivity index (χ4n) is 3.22. The zero-order chi connectivity index (χ0) is 26.7. The molecule has 0 aromatic carbocycles. The number of nitrogens with one attached hydrogen (secondary N) is 5.